The van der Waals surface area contributed by atoms with Crippen molar-refractivity contribution in [3.05, 3.63) is 54.4 Å². The lowest BCUT2D eigenvalue weighted by atomic mass is 9.86. The number of rotatable bonds is 6. The van der Waals surface area contributed by atoms with E-state index in [0.717, 1.165) is 5.56 Å². The Morgan fingerprint density at radius 3 is 2.62 bits per heavy atom. The fraction of sp³-hybridized carbons (Fsp3) is 0.400. The van der Waals surface area contributed by atoms with Crippen LogP contribution in [-0.2, 0) is 16.6 Å². The van der Waals surface area contributed by atoms with Gasteiger partial charge < -0.3 is 10.6 Å². The van der Waals surface area contributed by atoms with E-state index in [1.165, 1.54) is 24.3 Å². The van der Waals surface area contributed by atoms with Crippen LogP contribution in [0.15, 0.2) is 53.7 Å². The van der Waals surface area contributed by atoms with Gasteiger partial charge in [0, 0.05) is 30.7 Å². The van der Waals surface area contributed by atoms with Crippen LogP contribution in [0.25, 0.3) is 0 Å². The minimum atomic E-state index is -3.70. The van der Waals surface area contributed by atoms with Crippen molar-refractivity contribution in [2.75, 3.05) is 5.32 Å². The quantitative estimate of drug-likeness (QED) is 0.668. The summed E-state index contributed by atoms with van der Waals surface area (Å²) in [5.74, 6) is -0.159. The molecule has 156 valence electrons. The monoisotopic (exact) mass is 420 g/mol. The van der Waals surface area contributed by atoms with Crippen LogP contribution in [0.2, 0.25) is 0 Å². The summed E-state index contributed by atoms with van der Waals surface area (Å²) in [6.45, 7) is 2.13. The summed E-state index contributed by atoms with van der Waals surface area (Å²) >= 11 is 0. The molecule has 9 heteroatoms. The van der Waals surface area contributed by atoms with Crippen molar-refractivity contribution in [1.29, 1.82) is 0 Å². The van der Waals surface area contributed by atoms with Gasteiger partial charge in [0.05, 0.1) is 4.90 Å². The first-order chi connectivity index (χ1) is 13.8. The number of pyridine rings is 1. The number of hydrogen-bond acceptors (Lipinski definition) is 4. The average Bonchev–Trinajstić information content (AvgIpc) is 2.70. The number of amides is 2. The lowest BCUT2D eigenvalue weighted by Crippen LogP contribution is -2.40. The predicted octanol–water partition coefficient (Wildman–Crippen LogP) is 3.21. The molecule has 0 saturated heterocycles. The molecule has 7 nitrogen and oxygen atoms in total. The Morgan fingerprint density at radius 1 is 1.21 bits per heavy atom. The van der Waals surface area contributed by atoms with E-state index in [1.807, 2.05) is 6.07 Å². The topological polar surface area (TPSA) is 100 Å². The van der Waals surface area contributed by atoms with E-state index in [2.05, 4.69) is 20.3 Å². The fourth-order valence-electron chi connectivity index (χ4n) is 3.33. The van der Waals surface area contributed by atoms with Gasteiger partial charge in [0.15, 0.2) is 0 Å². The van der Waals surface area contributed by atoms with Gasteiger partial charge in [-0.3, -0.25) is 4.98 Å². The zero-order valence-electron chi connectivity index (χ0n) is 16.1. The summed E-state index contributed by atoms with van der Waals surface area (Å²) in [5, 5.41) is 5.36. The van der Waals surface area contributed by atoms with Crippen LogP contribution in [-0.4, -0.2) is 31.6 Å². The first-order valence-corrected chi connectivity index (χ1v) is 11.0. The van der Waals surface area contributed by atoms with Crippen molar-refractivity contribution in [3.63, 3.8) is 0 Å². The first kappa shape index (κ1) is 21.2. The highest BCUT2D eigenvalue weighted by atomic mass is 32.2. The summed E-state index contributed by atoms with van der Waals surface area (Å²) in [5.41, 5.74) is 1.34. The van der Waals surface area contributed by atoms with Gasteiger partial charge >= 0.3 is 6.03 Å². The molecule has 0 aliphatic heterocycles. The number of aromatic nitrogens is 1. The van der Waals surface area contributed by atoms with Gasteiger partial charge in [-0.2, -0.15) is 0 Å². The number of benzene rings is 1. The minimum absolute atomic E-state index is 0.105. The second-order valence-corrected chi connectivity index (χ2v) is 9.03. The number of nitrogens with one attached hydrogen (secondary N) is 3. The molecule has 1 heterocycles. The van der Waals surface area contributed by atoms with Crippen LogP contribution < -0.4 is 15.4 Å². The molecule has 0 radical (unpaired) electrons. The molecular formula is C20H25FN4O3S. The Balaban J connectivity index is 1.54. The molecule has 1 fully saturated rings. The van der Waals surface area contributed by atoms with Crippen molar-refractivity contribution >= 4 is 21.7 Å². The molecule has 3 N–H and O–H groups in total. The number of sulfonamides is 1. The third-order valence-corrected chi connectivity index (χ3v) is 6.52. The third-order valence-electron chi connectivity index (χ3n) is 4.98. The van der Waals surface area contributed by atoms with E-state index in [-0.39, 0.29) is 16.9 Å². The minimum Gasteiger partial charge on any atom is -0.334 e. The third kappa shape index (κ3) is 5.98. The van der Waals surface area contributed by atoms with Gasteiger partial charge in [0.25, 0.3) is 0 Å². The van der Waals surface area contributed by atoms with E-state index in [9.17, 15) is 17.6 Å². The molecule has 3 unspecified atom stereocenters. The molecule has 1 aromatic heterocycles. The maximum absolute atomic E-state index is 13.6. The van der Waals surface area contributed by atoms with Crippen LogP contribution in [0.4, 0.5) is 14.9 Å². The van der Waals surface area contributed by atoms with Crippen LogP contribution in [0.3, 0.4) is 0 Å². The highest BCUT2D eigenvalue weighted by Gasteiger charge is 2.30. The molecule has 2 amide bonds. The molecule has 3 rings (SSSR count). The van der Waals surface area contributed by atoms with E-state index in [1.54, 1.807) is 25.4 Å². The molecule has 1 aliphatic carbocycles. The molecule has 1 aliphatic rings. The maximum Gasteiger partial charge on any atom is 0.319 e. The summed E-state index contributed by atoms with van der Waals surface area (Å²) in [6.07, 6.45) is 3.78. The Kier molecular flexibility index (Phi) is 6.81. The van der Waals surface area contributed by atoms with E-state index in [4.69, 9.17) is 0 Å². The summed E-state index contributed by atoms with van der Waals surface area (Å²) in [4.78, 5) is 16.1. The zero-order valence-corrected chi connectivity index (χ0v) is 17.0. The molecule has 3 atom stereocenters. The lowest BCUT2D eigenvalue weighted by molar-refractivity contribution is 0.161. The largest absolute Gasteiger partial charge is 0.334 e. The van der Waals surface area contributed by atoms with Crippen LogP contribution in [0.1, 0.15) is 31.7 Å². The second kappa shape index (κ2) is 9.32. The van der Waals surface area contributed by atoms with E-state index in [0.29, 0.717) is 31.5 Å². The predicted molar refractivity (Wildman–Crippen MR) is 109 cm³/mol. The van der Waals surface area contributed by atoms with Gasteiger partial charge in [-0.15, -0.1) is 0 Å². The van der Waals surface area contributed by atoms with Gasteiger partial charge in [0.2, 0.25) is 10.0 Å². The van der Waals surface area contributed by atoms with Gasteiger partial charge in [-0.1, -0.05) is 13.0 Å². The van der Waals surface area contributed by atoms with E-state index >= 15 is 0 Å². The van der Waals surface area contributed by atoms with Crippen molar-refractivity contribution in [1.82, 2.24) is 15.0 Å². The molecule has 1 aromatic carbocycles. The first-order valence-electron chi connectivity index (χ1n) is 9.54. The van der Waals surface area contributed by atoms with Crippen molar-refractivity contribution in [2.24, 2.45) is 5.92 Å². The van der Waals surface area contributed by atoms with Crippen molar-refractivity contribution in [3.8, 4) is 0 Å². The SMILES string of the molecule is CC1CC(NS(=O)(=O)c2ccc(NC(=O)NCc3cccnc3)cc2)CCC1F. The van der Waals surface area contributed by atoms with Gasteiger partial charge in [0.1, 0.15) is 6.17 Å². The second-order valence-electron chi connectivity index (χ2n) is 7.32. The Labute approximate surface area is 170 Å². The van der Waals surface area contributed by atoms with Crippen molar-refractivity contribution in [2.45, 2.75) is 49.8 Å². The molecule has 2 aromatic rings. The number of anilines is 1. The average molecular weight is 421 g/mol. The molecular weight excluding hydrogens is 395 g/mol. The van der Waals surface area contributed by atoms with Crippen LogP contribution >= 0.6 is 0 Å². The summed E-state index contributed by atoms with van der Waals surface area (Å²) < 4.78 is 41.4. The number of hydrogen-bond donors (Lipinski definition) is 3. The zero-order chi connectivity index (χ0) is 20.9. The van der Waals surface area contributed by atoms with Gasteiger partial charge in [-0.25, -0.2) is 22.3 Å². The number of carbonyl (C=O) groups is 1. The van der Waals surface area contributed by atoms with E-state index < -0.39 is 22.2 Å². The number of alkyl halides is 1. The smallest absolute Gasteiger partial charge is 0.319 e. The van der Waals surface area contributed by atoms with Crippen molar-refractivity contribution < 1.29 is 17.6 Å². The highest BCUT2D eigenvalue weighted by molar-refractivity contribution is 7.89. The Hall–Kier alpha value is -2.52. The molecule has 0 spiro atoms. The van der Waals surface area contributed by atoms with Crippen LogP contribution in [0.5, 0.6) is 0 Å². The number of urea groups is 1. The maximum atomic E-state index is 13.6. The molecule has 1 saturated carbocycles. The number of nitrogens with zero attached hydrogens (tertiary/aromatic N) is 1. The summed E-state index contributed by atoms with van der Waals surface area (Å²) in [7, 11) is -3.70. The fourth-order valence-corrected chi connectivity index (χ4v) is 4.61. The Bertz CT molecular complexity index is 923. The highest BCUT2D eigenvalue weighted by Crippen LogP contribution is 2.28. The normalized spacial score (nSPS) is 22.1. The van der Waals surface area contributed by atoms with Gasteiger partial charge in [-0.05, 0) is 61.1 Å². The standard InChI is InChI=1S/C20H25FN4O3S/c1-14-11-17(6-9-19(14)21)25-29(27,28)18-7-4-16(5-8-18)24-20(26)23-13-15-3-2-10-22-12-15/h2-5,7-8,10,12,14,17,19,25H,6,9,11,13H2,1H3,(H2,23,24,26). The molecule has 29 heavy (non-hydrogen) atoms. The molecule has 0 bridgehead atoms. The lowest BCUT2D eigenvalue weighted by Gasteiger charge is -2.30. The summed E-state index contributed by atoms with van der Waals surface area (Å²) in [6, 6.07) is 8.88. The number of carbonyl (C=O) groups excluding carboxylic acids is 1. The number of halogens is 1. The Morgan fingerprint density at radius 2 is 1.97 bits per heavy atom. The van der Waals surface area contributed by atoms with Crippen LogP contribution in [0, 0.1) is 5.92 Å².